The van der Waals surface area contributed by atoms with Crippen LogP contribution < -0.4 is 0 Å². The summed E-state index contributed by atoms with van der Waals surface area (Å²) in [5.41, 5.74) is 0. The van der Waals surface area contributed by atoms with E-state index in [0.717, 1.165) is 12.8 Å². The predicted molar refractivity (Wildman–Crippen MR) is 73.2 cm³/mol. The summed E-state index contributed by atoms with van der Waals surface area (Å²) in [6.07, 6.45) is 1.36. The van der Waals surface area contributed by atoms with Gasteiger partial charge in [0.15, 0.2) is 0 Å². The van der Waals surface area contributed by atoms with Crippen molar-refractivity contribution in [2.24, 2.45) is 5.92 Å². The first-order valence-electron chi connectivity index (χ1n) is 7.30. The Morgan fingerprint density at radius 2 is 2.25 bits per heavy atom. The van der Waals surface area contributed by atoms with Gasteiger partial charge in [0.05, 0.1) is 13.2 Å². The molecule has 0 radical (unpaired) electrons. The van der Waals surface area contributed by atoms with Crippen LogP contribution in [-0.4, -0.2) is 74.2 Å². The summed E-state index contributed by atoms with van der Waals surface area (Å²) in [7, 11) is 1.62. The van der Waals surface area contributed by atoms with Crippen LogP contribution in [0.5, 0.6) is 0 Å². The Morgan fingerprint density at radius 3 is 2.90 bits per heavy atom. The summed E-state index contributed by atoms with van der Waals surface area (Å²) in [5, 5.41) is 0. The minimum atomic E-state index is -0.367. The lowest BCUT2D eigenvalue weighted by molar-refractivity contribution is -0.146. The fraction of sp³-hybridized carbons (Fsp3) is 0.857. The number of methoxy groups -OCH3 is 1. The second-order valence-electron chi connectivity index (χ2n) is 5.54. The standard InChI is InChI=1S/C14H24N2O4/c1-11-4-8-20-13(11)14(18)16-6-3-5-15(7-9-19-2)12(17)10-16/h11,13H,3-10H2,1-2H3/t11-,13+/m1/s1. The molecule has 0 bridgehead atoms. The lowest BCUT2D eigenvalue weighted by atomic mass is 10.0. The molecule has 6 nitrogen and oxygen atoms in total. The summed E-state index contributed by atoms with van der Waals surface area (Å²) < 4.78 is 10.5. The summed E-state index contributed by atoms with van der Waals surface area (Å²) >= 11 is 0. The quantitative estimate of drug-likeness (QED) is 0.736. The van der Waals surface area contributed by atoms with Crippen LogP contribution in [0.15, 0.2) is 0 Å². The smallest absolute Gasteiger partial charge is 0.252 e. The van der Waals surface area contributed by atoms with Gasteiger partial charge in [-0.3, -0.25) is 9.59 Å². The molecule has 2 heterocycles. The van der Waals surface area contributed by atoms with Gasteiger partial charge in [-0.1, -0.05) is 6.92 Å². The molecule has 2 aliphatic rings. The maximum absolute atomic E-state index is 12.4. The Labute approximate surface area is 120 Å². The van der Waals surface area contributed by atoms with Gasteiger partial charge in [-0.2, -0.15) is 0 Å². The van der Waals surface area contributed by atoms with Crippen molar-refractivity contribution in [1.29, 1.82) is 0 Å². The number of nitrogens with zero attached hydrogens (tertiary/aromatic N) is 2. The van der Waals surface area contributed by atoms with E-state index in [1.165, 1.54) is 0 Å². The molecule has 0 N–H and O–H groups in total. The fourth-order valence-corrected chi connectivity index (χ4v) is 2.74. The van der Waals surface area contributed by atoms with Gasteiger partial charge in [0.1, 0.15) is 6.10 Å². The Balaban J connectivity index is 1.93. The maximum atomic E-state index is 12.4. The zero-order valence-corrected chi connectivity index (χ0v) is 12.3. The molecule has 2 saturated heterocycles. The van der Waals surface area contributed by atoms with Gasteiger partial charge < -0.3 is 19.3 Å². The van der Waals surface area contributed by atoms with Gasteiger partial charge in [-0.25, -0.2) is 0 Å². The summed E-state index contributed by atoms with van der Waals surface area (Å²) in [6.45, 7) is 5.26. The third-order valence-corrected chi connectivity index (χ3v) is 4.04. The molecular weight excluding hydrogens is 260 g/mol. The van der Waals surface area contributed by atoms with Gasteiger partial charge in [0.2, 0.25) is 5.91 Å². The van der Waals surface area contributed by atoms with Crippen molar-refractivity contribution < 1.29 is 19.1 Å². The highest BCUT2D eigenvalue weighted by atomic mass is 16.5. The second kappa shape index (κ2) is 7.04. The molecule has 0 saturated carbocycles. The topological polar surface area (TPSA) is 59.1 Å². The minimum absolute atomic E-state index is 0.00134. The molecule has 2 amide bonds. The third kappa shape index (κ3) is 3.49. The zero-order valence-electron chi connectivity index (χ0n) is 12.3. The Hall–Kier alpha value is -1.14. The molecule has 2 fully saturated rings. The van der Waals surface area contributed by atoms with E-state index in [2.05, 4.69) is 0 Å². The molecular formula is C14H24N2O4. The summed E-state index contributed by atoms with van der Waals surface area (Å²) in [6, 6.07) is 0. The fourth-order valence-electron chi connectivity index (χ4n) is 2.74. The number of carbonyl (C=O) groups excluding carboxylic acids is 2. The monoisotopic (exact) mass is 284 g/mol. The van der Waals surface area contributed by atoms with Crippen molar-refractivity contribution in [2.75, 3.05) is 46.5 Å². The minimum Gasteiger partial charge on any atom is -0.383 e. The first-order valence-corrected chi connectivity index (χ1v) is 7.30. The largest absolute Gasteiger partial charge is 0.383 e. The van der Waals surface area contributed by atoms with Crippen LogP contribution in [0.4, 0.5) is 0 Å². The normalized spacial score (nSPS) is 27.8. The maximum Gasteiger partial charge on any atom is 0.252 e. The number of amides is 2. The number of rotatable bonds is 4. The van der Waals surface area contributed by atoms with Crippen LogP contribution in [0.1, 0.15) is 19.8 Å². The van der Waals surface area contributed by atoms with E-state index in [9.17, 15) is 9.59 Å². The van der Waals surface area contributed by atoms with E-state index < -0.39 is 0 Å². The van der Waals surface area contributed by atoms with E-state index in [4.69, 9.17) is 9.47 Å². The third-order valence-electron chi connectivity index (χ3n) is 4.04. The molecule has 2 atom stereocenters. The predicted octanol–water partition coefficient (Wildman–Crippen LogP) is 0.119. The van der Waals surface area contributed by atoms with Gasteiger partial charge in [0, 0.05) is 33.4 Å². The van der Waals surface area contributed by atoms with Gasteiger partial charge in [-0.05, 0) is 18.8 Å². The van der Waals surface area contributed by atoms with Crippen molar-refractivity contribution >= 4 is 11.8 Å². The van der Waals surface area contributed by atoms with E-state index >= 15 is 0 Å². The molecule has 0 aromatic rings. The molecule has 0 unspecified atom stereocenters. The molecule has 0 aliphatic carbocycles. The number of hydrogen-bond donors (Lipinski definition) is 0. The van der Waals surface area contributed by atoms with E-state index in [1.54, 1.807) is 16.9 Å². The molecule has 0 aromatic heterocycles. The lowest BCUT2D eigenvalue weighted by Crippen LogP contribution is -2.45. The molecule has 0 spiro atoms. The van der Waals surface area contributed by atoms with Gasteiger partial charge in [-0.15, -0.1) is 0 Å². The van der Waals surface area contributed by atoms with Crippen molar-refractivity contribution in [1.82, 2.24) is 9.80 Å². The average Bonchev–Trinajstić information content (AvgIpc) is 2.77. The molecule has 114 valence electrons. The van der Waals surface area contributed by atoms with Crippen molar-refractivity contribution in [3.63, 3.8) is 0 Å². The molecule has 6 heteroatoms. The Bertz CT molecular complexity index is 361. The number of ether oxygens (including phenoxy) is 2. The zero-order chi connectivity index (χ0) is 14.5. The van der Waals surface area contributed by atoms with Crippen LogP contribution in [0.25, 0.3) is 0 Å². The summed E-state index contributed by atoms with van der Waals surface area (Å²) in [5.74, 6) is 0.209. The lowest BCUT2D eigenvalue weighted by Gasteiger charge is -2.25. The molecule has 2 aliphatic heterocycles. The first kappa shape index (κ1) is 15.3. The van der Waals surface area contributed by atoms with Crippen LogP contribution in [0.2, 0.25) is 0 Å². The van der Waals surface area contributed by atoms with Crippen LogP contribution >= 0.6 is 0 Å². The molecule has 20 heavy (non-hydrogen) atoms. The van der Waals surface area contributed by atoms with Crippen molar-refractivity contribution in [2.45, 2.75) is 25.9 Å². The Morgan fingerprint density at radius 1 is 1.45 bits per heavy atom. The van der Waals surface area contributed by atoms with E-state index in [1.807, 2.05) is 6.92 Å². The highest BCUT2D eigenvalue weighted by molar-refractivity contribution is 5.87. The van der Waals surface area contributed by atoms with Crippen molar-refractivity contribution in [3.05, 3.63) is 0 Å². The number of carbonyl (C=O) groups is 2. The van der Waals surface area contributed by atoms with Gasteiger partial charge >= 0.3 is 0 Å². The van der Waals surface area contributed by atoms with E-state index in [-0.39, 0.29) is 30.4 Å². The molecule has 0 aromatic carbocycles. The average molecular weight is 284 g/mol. The highest BCUT2D eigenvalue weighted by Crippen LogP contribution is 2.22. The first-order chi connectivity index (χ1) is 9.63. The van der Waals surface area contributed by atoms with E-state index in [0.29, 0.717) is 32.8 Å². The van der Waals surface area contributed by atoms with Crippen LogP contribution in [0.3, 0.4) is 0 Å². The Kier molecular flexibility index (Phi) is 5.37. The van der Waals surface area contributed by atoms with Crippen LogP contribution in [-0.2, 0) is 19.1 Å². The number of hydrogen-bond acceptors (Lipinski definition) is 4. The van der Waals surface area contributed by atoms with Crippen molar-refractivity contribution in [3.8, 4) is 0 Å². The summed E-state index contributed by atoms with van der Waals surface area (Å²) in [4.78, 5) is 28.0. The highest BCUT2D eigenvalue weighted by Gasteiger charge is 2.35. The van der Waals surface area contributed by atoms with Crippen LogP contribution in [0, 0.1) is 5.92 Å². The SMILES string of the molecule is COCCN1CCCN(C(=O)[C@H]2OCC[C@H]2C)CC1=O. The second-order valence-corrected chi connectivity index (χ2v) is 5.54. The van der Waals surface area contributed by atoms with Gasteiger partial charge in [0.25, 0.3) is 5.91 Å². The molecule has 2 rings (SSSR count).